The Kier molecular flexibility index (Phi) is 4.04. The third kappa shape index (κ3) is 2.87. The molecule has 0 radical (unpaired) electrons. The standard InChI is InChI=1S/C11H17N3OS/c12-6-9-2-1-4-14(7-9)8-10(15)11-13-3-5-16-11/h3,5,9H,1-2,4,6-8,12H2/t9-/m1/s1. The van der Waals surface area contributed by atoms with Crippen LogP contribution in [0.2, 0.25) is 0 Å². The van der Waals surface area contributed by atoms with Gasteiger partial charge in [0.1, 0.15) is 0 Å². The quantitative estimate of drug-likeness (QED) is 0.796. The van der Waals surface area contributed by atoms with Gasteiger partial charge in [0.15, 0.2) is 5.01 Å². The minimum Gasteiger partial charge on any atom is -0.330 e. The molecular formula is C11H17N3OS. The van der Waals surface area contributed by atoms with E-state index in [2.05, 4.69) is 9.88 Å². The van der Waals surface area contributed by atoms with Crippen molar-refractivity contribution in [3.05, 3.63) is 16.6 Å². The van der Waals surface area contributed by atoms with Crippen LogP contribution in [0.1, 0.15) is 22.6 Å². The molecule has 1 fully saturated rings. The van der Waals surface area contributed by atoms with Gasteiger partial charge in [0.25, 0.3) is 0 Å². The molecule has 16 heavy (non-hydrogen) atoms. The zero-order chi connectivity index (χ0) is 11.4. The molecule has 0 spiro atoms. The normalized spacial score (nSPS) is 22.2. The SMILES string of the molecule is NC[C@H]1CCCN(CC(=O)c2nccs2)C1. The van der Waals surface area contributed by atoms with E-state index in [0.29, 0.717) is 17.5 Å². The van der Waals surface area contributed by atoms with Gasteiger partial charge in [-0.1, -0.05) is 0 Å². The summed E-state index contributed by atoms with van der Waals surface area (Å²) in [5.41, 5.74) is 5.67. The molecular weight excluding hydrogens is 222 g/mol. The predicted octanol–water partition coefficient (Wildman–Crippen LogP) is 0.996. The van der Waals surface area contributed by atoms with Crippen LogP contribution < -0.4 is 5.73 Å². The Labute approximate surface area is 99.5 Å². The first-order valence-electron chi connectivity index (χ1n) is 5.64. The molecule has 1 aliphatic heterocycles. The second kappa shape index (κ2) is 5.52. The number of Topliss-reactive ketones (excluding diaryl/α,β-unsaturated/α-hetero) is 1. The molecule has 0 saturated carbocycles. The first-order chi connectivity index (χ1) is 7.79. The van der Waals surface area contributed by atoms with Crippen molar-refractivity contribution in [3.8, 4) is 0 Å². The van der Waals surface area contributed by atoms with E-state index in [1.54, 1.807) is 6.20 Å². The van der Waals surface area contributed by atoms with E-state index < -0.39 is 0 Å². The van der Waals surface area contributed by atoms with Gasteiger partial charge in [-0.05, 0) is 31.8 Å². The molecule has 0 aromatic carbocycles. The van der Waals surface area contributed by atoms with Crippen LogP contribution in [0.15, 0.2) is 11.6 Å². The Morgan fingerprint density at radius 2 is 2.56 bits per heavy atom. The van der Waals surface area contributed by atoms with Crippen molar-refractivity contribution in [2.24, 2.45) is 11.7 Å². The van der Waals surface area contributed by atoms with Crippen molar-refractivity contribution < 1.29 is 4.79 Å². The Morgan fingerprint density at radius 1 is 1.69 bits per heavy atom. The third-order valence-electron chi connectivity index (χ3n) is 2.97. The van der Waals surface area contributed by atoms with E-state index in [0.717, 1.165) is 26.1 Å². The Morgan fingerprint density at radius 3 is 3.25 bits per heavy atom. The minimum absolute atomic E-state index is 0.132. The summed E-state index contributed by atoms with van der Waals surface area (Å²) in [6.45, 7) is 3.17. The maximum atomic E-state index is 11.8. The second-order valence-corrected chi connectivity index (χ2v) is 5.13. The molecule has 0 aliphatic carbocycles. The van der Waals surface area contributed by atoms with Gasteiger partial charge in [0.05, 0.1) is 6.54 Å². The number of aromatic nitrogens is 1. The molecule has 2 N–H and O–H groups in total. The van der Waals surface area contributed by atoms with Crippen LogP contribution in [0.3, 0.4) is 0 Å². The van der Waals surface area contributed by atoms with Crippen molar-refractivity contribution in [3.63, 3.8) is 0 Å². The maximum absolute atomic E-state index is 11.8. The molecule has 5 heteroatoms. The van der Waals surface area contributed by atoms with Crippen molar-refractivity contribution in [2.45, 2.75) is 12.8 Å². The number of carbonyl (C=O) groups excluding carboxylic acids is 1. The van der Waals surface area contributed by atoms with Crippen molar-refractivity contribution in [1.29, 1.82) is 0 Å². The summed E-state index contributed by atoms with van der Waals surface area (Å²) in [5, 5.41) is 2.46. The molecule has 0 amide bonds. The maximum Gasteiger partial charge on any atom is 0.205 e. The highest BCUT2D eigenvalue weighted by Gasteiger charge is 2.21. The number of likely N-dealkylation sites (tertiary alicyclic amines) is 1. The van der Waals surface area contributed by atoms with Crippen molar-refractivity contribution >= 4 is 17.1 Å². The van der Waals surface area contributed by atoms with E-state index in [-0.39, 0.29) is 5.78 Å². The van der Waals surface area contributed by atoms with Crippen LogP contribution in [0.4, 0.5) is 0 Å². The highest BCUT2D eigenvalue weighted by molar-refractivity contribution is 7.11. The van der Waals surface area contributed by atoms with Gasteiger partial charge in [0, 0.05) is 18.1 Å². The summed E-state index contributed by atoms with van der Waals surface area (Å²) >= 11 is 1.41. The number of hydrogen-bond acceptors (Lipinski definition) is 5. The molecule has 1 aromatic rings. The number of carbonyl (C=O) groups is 1. The van der Waals surface area contributed by atoms with Gasteiger partial charge in [0.2, 0.25) is 5.78 Å². The van der Waals surface area contributed by atoms with Gasteiger partial charge in [-0.15, -0.1) is 11.3 Å². The number of ketones is 1. The molecule has 1 saturated heterocycles. The van der Waals surface area contributed by atoms with E-state index in [4.69, 9.17) is 5.73 Å². The van der Waals surface area contributed by atoms with E-state index >= 15 is 0 Å². The zero-order valence-corrected chi connectivity index (χ0v) is 10.1. The Hall–Kier alpha value is -0.780. The second-order valence-electron chi connectivity index (χ2n) is 4.24. The zero-order valence-electron chi connectivity index (χ0n) is 9.26. The van der Waals surface area contributed by atoms with Crippen molar-refractivity contribution in [2.75, 3.05) is 26.2 Å². The van der Waals surface area contributed by atoms with E-state index in [9.17, 15) is 4.79 Å². The number of nitrogens with two attached hydrogens (primary N) is 1. The summed E-state index contributed by atoms with van der Waals surface area (Å²) in [6.07, 6.45) is 4.02. The van der Waals surface area contributed by atoms with Crippen LogP contribution in [0, 0.1) is 5.92 Å². The molecule has 0 bridgehead atoms. The number of thiazole rings is 1. The summed E-state index contributed by atoms with van der Waals surface area (Å²) in [4.78, 5) is 18.1. The van der Waals surface area contributed by atoms with Crippen LogP contribution in [0.25, 0.3) is 0 Å². The highest BCUT2D eigenvalue weighted by atomic mass is 32.1. The Balaban J connectivity index is 1.87. The first-order valence-corrected chi connectivity index (χ1v) is 6.52. The van der Waals surface area contributed by atoms with Crippen LogP contribution >= 0.6 is 11.3 Å². The van der Waals surface area contributed by atoms with Crippen LogP contribution in [-0.4, -0.2) is 41.8 Å². The third-order valence-corrected chi connectivity index (χ3v) is 3.79. The predicted molar refractivity (Wildman–Crippen MR) is 64.7 cm³/mol. The number of nitrogens with zero attached hydrogens (tertiary/aromatic N) is 2. The summed E-state index contributed by atoms with van der Waals surface area (Å²) < 4.78 is 0. The largest absolute Gasteiger partial charge is 0.330 e. The lowest BCUT2D eigenvalue weighted by molar-refractivity contribution is 0.0889. The highest BCUT2D eigenvalue weighted by Crippen LogP contribution is 2.16. The average Bonchev–Trinajstić information content (AvgIpc) is 2.83. The van der Waals surface area contributed by atoms with Crippen LogP contribution in [-0.2, 0) is 0 Å². The fourth-order valence-electron chi connectivity index (χ4n) is 2.12. The molecule has 1 aromatic heterocycles. The molecule has 1 aliphatic rings. The van der Waals surface area contributed by atoms with E-state index in [1.165, 1.54) is 17.8 Å². The molecule has 0 unspecified atom stereocenters. The summed E-state index contributed by atoms with van der Waals surface area (Å²) in [6, 6.07) is 0. The lowest BCUT2D eigenvalue weighted by Gasteiger charge is -2.31. The lowest BCUT2D eigenvalue weighted by Crippen LogP contribution is -2.41. The molecule has 2 rings (SSSR count). The lowest BCUT2D eigenvalue weighted by atomic mass is 9.98. The number of hydrogen-bond donors (Lipinski definition) is 1. The first kappa shape index (κ1) is 11.7. The number of piperidine rings is 1. The Bertz CT molecular complexity index is 339. The van der Waals surface area contributed by atoms with Crippen LogP contribution in [0.5, 0.6) is 0 Å². The van der Waals surface area contributed by atoms with Gasteiger partial charge < -0.3 is 5.73 Å². The topological polar surface area (TPSA) is 59.2 Å². The smallest absolute Gasteiger partial charge is 0.205 e. The van der Waals surface area contributed by atoms with E-state index in [1.807, 2.05) is 5.38 Å². The molecule has 1 atom stereocenters. The van der Waals surface area contributed by atoms with Crippen molar-refractivity contribution in [1.82, 2.24) is 9.88 Å². The molecule has 4 nitrogen and oxygen atoms in total. The van der Waals surface area contributed by atoms with Gasteiger partial charge >= 0.3 is 0 Å². The fourth-order valence-corrected chi connectivity index (χ4v) is 2.69. The van der Waals surface area contributed by atoms with Gasteiger partial charge in [-0.3, -0.25) is 9.69 Å². The fraction of sp³-hybridized carbons (Fsp3) is 0.636. The molecule has 88 valence electrons. The summed E-state index contributed by atoms with van der Waals surface area (Å²) in [5.74, 6) is 0.686. The van der Waals surface area contributed by atoms with Gasteiger partial charge in [-0.25, -0.2) is 4.98 Å². The van der Waals surface area contributed by atoms with Gasteiger partial charge in [-0.2, -0.15) is 0 Å². The number of rotatable bonds is 4. The monoisotopic (exact) mass is 239 g/mol. The summed E-state index contributed by atoms with van der Waals surface area (Å²) in [7, 11) is 0. The average molecular weight is 239 g/mol. The minimum atomic E-state index is 0.132. The molecule has 2 heterocycles.